The molecule has 0 spiro atoms. The number of imidazole rings is 1. The Kier molecular flexibility index (Phi) is 3.89. The van der Waals surface area contributed by atoms with Gasteiger partial charge in [-0.2, -0.15) is 0 Å². The van der Waals surface area contributed by atoms with Gasteiger partial charge in [-0.25, -0.2) is 4.98 Å². The van der Waals surface area contributed by atoms with Crippen LogP contribution in [0.25, 0.3) is 11.0 Å². The van der Waals surface area contributed by atoms with Crippen LogP contribution in [0.5, 0.6) is 0 Å². The van der Waals surface area contributed by atoms with E-state index in [0.29, 0.717) is 0 Å². The molecule has 6 heteroatoms. The number of carboxylic acid groups (broad SMARTS) is 1. The Morgan fingerprint density at radius 1 is 1.48 bits per heavy atom. The lowest BCUT2D eigenvalue weighted by molar-refractivity contribution is -0.133. The Labute approximate surface area is 127 Å². The van der Waals surface area contributed by atoms with Crippen molar-refractivity contribution in [2.24, 2.45) is 5.41 Å². The summed E-state index contributed by atoms with van der Waals surface area (Å²) in [5, 5.41) is 9.69. The van der Waals surface area contributed by atoms with Crippen LogP contribution >= 0.6 is 11.8 Å². The summed E-state index contributed by atoms with van der Waals surface area (Å²) in [7, 11) is 0. The van der Waals surface area contributed by atoms with Crippen LogP contribution in [0.2, 0.25) is 0 Å². The molecule has 0 saturated heterocycles. The number of aromatic nitrogens is 3. The summed E-state index contributed by atoms with van der Waals surface area (Å²) >= 11 is 1.29. The van der Waals surface area contributed by atoms with Gasteiger partial charge in [-0.3, -0.25) is 9.78 Å². The lowest BCUT2D eigenvalue weighted by Crippen LogP contribution is -2.20. The maximum absolute atomic E-state index is 10.8. The van der Waals surface area contributed by atoms with Gasteiger partial charge in [0.25, 0.3) is 0 Å². The van der Waals surface area contributed by atoms with Gasteiger partial charge in [-0.05, 0) is 24.3 Å². The van der Waals surface area contributed by atoms with E-state index in [2.05, 4.69) is 21.5 Å². The van der Waals surface area contributed by atoms with Gasteiger partial charge in [-0.1, -0.05) is 31.5 Å². The van der Waals surface area contributed by atoms with Gasteiger partial charge in [0.05, 0.1) is 17.5 Å². The number of fused-ring (bicyclic) bond motifs is 1. The topological polar surface area (TPSA) is 68.0 Å². The molecule has 112 valence electrons. The Morgan fingerprint density at radius 3 is 2.95 bits per heavy atom. The lowest BCUT2D eigenvalue weighted by Gasteiger charge is -2.25. The Morgan fingerprint density at radius 2 is 2.24 bits per heavy atom. The van der Waals surface area contributed by atoms with Crippen molar-refractivity contribution in [1.29, 1.82) is 0 Å². The molecule has 2 aromatic rings. The molecular weight excluding hydrogens is 286 g/mol. The van der Waals surface area contributed by atoms with Crippen molar-refractivity contribution in [2.45, 2.75) is 44.3 Å². The average molecular weight is 305 g/mol. The van der Waals surface area contributed by atoms with Crippen LogP contribution < -0.4 is 0 Å². The minimum atomic E-state index is -0.816. The fraction of sp³-hybridized carbons (Fsp3) is 0.533. The van der Waals surface area contributed by atoms with Crippen LogP contribution in [0, 0.1) is 5.41 Å². The molecule has 2 heterocycles. The molecule has 0 aliphatic heterocycles. The highest BCUT2D eigenvalue weighted by molar-refractivity contribution is 7.99. The molecule has 1 aliphatic carbocycles. The Hall–Kier alpha value is -1.56. The molecule has 0 unspecified atom stereocenters. The zero-order valence-electron chi connectivity index (χ0n) is 12.1. The molecule has 3 rings (SSSR count). The molecular formula is C15H19N3O2S. The van der Waals surface area contributed by atoms with Gasteiger partial charge in [0, 0.05) is 12.7 Å². The molecule has 0 atom stereocenters. The maximum Gasteiger partial charge on any atom is 0.313 e. The smallest absolute Gasteiger partial charge is 0.313 e. The minimum absolute atomic E-state index is 0.0352. The number of pyridine rings is 1. The van der Waals surface area contributed by atoms with Crippen molar-refractivity contribution in [1.82, 2.24) is 14.5 Å². The van der Waals surface area contributed by atoms with Gasteiger partial charge < -0.3 is 9.67 Å². The standard InChI is InChI=1S/C15H19N3O2S/c1-15(5-2-3-6-15)10-18-12-4-7-16-8-11(12)17-14(18)21-9-13(19)20/h4,7-8H,2-3,5-6,9-10H2,1H3,(H,19,20). The normalized spacial score (nSPS) is 17.4. The first-order valence-corrected chi connectivity index (χ1v) is 8.21. The van der Waals surface area contributed by atoms with E-state index in [1.165, 1.54) is 37.4 Å². The second-order valence-corrected chi connectivity index (χ2v) is 6.99. The number of aliphatic carboxylic acids is 1. The summed E-state index contributed by atoms with van der Waals surface area (Å²) in [6.45, 7) is 3.22. The quantitative estimate of drug-likeness (QED) is 0.859. The lowest BCUT2D eigenvalue weighted by atomic mass is 9.89. The van der Waals surface area contributed by atoms with Crippen molar-refractivity contribution in [3.05, 3.63) is 18.5 Å². The number of rotatable bonds is 5. The first-order chi connectivity index (χ1) is 10.1. The zero-order valence-corrected chi connectivity index (χ0v) is 12.9. The van der Waals surface area contributed by atoms with E-state index >= 15 is 0 Å². The maximum atomic E-state index is 10.8. The molecule has 0 bridgehead atoms. The highest BCUT2D eigenvalue weighted by Crippen LogP contribution is 2.40. The predicted molar refractivity (Wildman–Crippen MR) is 82.5 cm³/mol. The second kappa shape index (κ2) is 5.67. The van der Waals surface area contributed by atoms with Gasteiger partial charge in [0.2, 0.25) is 0 Å². The summed E-state index contributed by atoms with van der Waals surface area (Å²) in [4.78, 5) is 19.5. The number of hydrogen-bond donors (Lipinski definition) is 1. The van der Waals surface area contributed by atoms with Crippen molar-refractivity contribution >= 4 is 28.8 Å². The van der Waals surface area contributed by atoms with E-state index in [1.54, 1.807) is 12.4 Å². The van der Waals surface area contributed by atoms with Gasteiger partial charge >= 0.3 is 5.97 Å². The zero-order chi connectivity index (χ0) is 14.9. The van der Waals surface area contributed by atoms with Crippen molar-refractivity contribution < 1.29 is 9.90 Å². The number of nitrogens with zero attached hydrogens (tertiary/aromatic N) is 3. The van der Waals surface area contributed by atoms with E-state index in [-0.39, 0.29) is 11.2 Å². The first-order valence-electron chi connectivity index (χ1n) is 7.22. The highest BCUT2D eigenvalue weighted by Gasteiger charge is 2.30. The minimum Gasteiger partial charge on any atom is -0.481 e. The van der Waals surface area contributed by atoms with E-state index in [4.69, 9.17) is 5.11 Å². The number of hydrogen-bond acceptors (Lipinski definition) is 4. The van der Waals surface area contributed by atoms with Crippen LogP contribution in [0.1, 0.15) is 32.6 Å². The molecule has 0 radical (unpaired) electrons. The van der Waals surface area contributed by atoms with Gasteiger partial charge in [0.15, 0.2) is 5.16 Å². The van der Waals surface area contributed by atoms with E-state index < -0.39 is 5.97 Å². The summed E-state index contributed by atoms with van der Waals surface area (Å²) in [5.74, 6) is -0.781. The third kappa shape index (κ3) is 3.05. The SMILES string of the molecule is CC1(Cn2c(SCC(=O)O)nc3cnccc32)CCCC1. The van der Waals surface area contributed by atoms with E-state index in [1.807, 2.05) is 6.07 Å². The number of carboxylic acids is 1. The molecule has 2 aromatic heterocycles. The van der Waals surface area contributed by atoms with Gasteiger partial charge in [-0.15, -0.1) is 0 Å². The molecule has 1 N–H and O–H groups in total. The number of carbonyl (C=O) groups is 1. The van der Waals surface area contributed by atoms with Crippen molar-refractivity contribution in [3.8, 4) is 0 Å². The Balaban J connectivity index is 1.96. The molecule has 21 heavy (non-hydrogen) atoms. The molecule has 0 amide bonds. The second-order valence-electron chi connectivity index (χ2n) is 6.05. The van der Waals surface area contributed by atoms with Crippen LogP contribution in [0.3, 0.4) is 0 Å². The third-order valence-corrected chi connectivity index (χ3v) is 5.15. The largest absolute Gasteiger partial charge is 0.481 e. The van der Waals surface area contributed by atoms with Crippen molar-refractivity contribution in [3.63, 3.8) is 0 Å². The molecule has 1 aliphatic rings. The molecule has 0 aromatic carbocycles. The van der Waals surface area contributed by atoms with Crippen LogP contribution in [0.4, 0.5) is 0 Å². The number of thioether (sulfide) groups is 1. The first kappa shape index (κ1) is 14.4. The fourth-order valence-electron chi connectivity index (χ4n) is 3.12. The van der Waals surface area contributed by atoms with E-state index in [0.717, 1.165) is 22.7 Å². The molecule has 1 saturated carbocycles. The van der Waals surface area contributed by atoms with E-state index in [9.17, 15) is 4.79 Å². The van der Waals surface area contributed by atoms with Gasteiger partial charge in [0.1, 0.15) is 5.52 Å². The molecule has 5 nitrogen and oxygen atoms in total. The summed E-state index contributed by atoms with van der Waals surface area (Å²) in [6, 6.07) is 1.96. The average Bonchev–Trinajstić information content (AvgIpc) is 3.02. The van der Waals surface area contributed by atoms with Crippen LogP contribution in [-0.2, 0) is 11.3 Å². The molecule has 1 fully saturated rings. The summed E-state index contributed by atoms with van der Waals surface area (Å²) in [5.41, 5.74) is 2.17. The Bertz CT molecular complexity index is 662. The van der Waals surface area contributed by atoms with Crippen LogP contribution in [-0.4, -0.2) is 31.4 Å². The fourth-order valence-corrected chi connectivity index (χ4v) is 3.85. The summed E-state index contributed by atoms with van der Waals surface area (Å²) < 4.78 is 2.18. The van der Waals surface area contributed by atoms with Crippen LogP contribution in [0.15, 0.2) is 23.6 Å². The third-order valence-electron chi connectivity index (χ3n) is 4.19. The monoisotopic (exact) mass is 305 g/mol. The van der Waals surface area contributed by atoms with Crippen molar-refractivity contribution in [2.75, 3.05) is 5.75 Å². The predicted octanol–water partition coefficient (Wildman–Crippen LogP) is 3.19. The summed E-state index contributed by atoms with van der Waals surface area (Å²) in [6.07, 6.45) is 8.52. The highest BCUT2D eigenvalue weighted by atomic mass is 32.2.